The predicted octanol–water partition coefficient (Wildman–Crippen LogP) is 3.93. The number of rotatable bonds is 2. The Hall–Kier alpha value is -3.41. The van der Waals surface area contributed by atoms with Gasteiger partial charge in [0.25, 0.3) is 0 Å². The molecule has 0 fully saturated rings. The number of hydrogen-bond acceptors (Lipinski definition) is 6. The van der Waals surface area contributed by atoms with Crippen LogP contribution in [0.3, 0.4) is 0 Å². The fraction of sp³-hybridized carbons (Fsp3) is 0.190. The highest BCUT2D eigenvalue weighted by Gasteiger charge is 2.32. The second kappa shape index (κ2) is 5.54. The van der Waals surface area contributed by atoms with E-state index in [1.165, 1.54) is 0 Å². The van der Waals surface area contributed by atoms with Gasteiger partial charge in [-0.05, 0) is 47.7 Å². The number of phenolic OH excluding ortho intramolecular Hbond substituents is 1. The molecule has 0 saturated heterocycles. The molecule has 27 heavy (non-hydrogen) atoms. The first-order valence-electron chi connectivity index (χ1n) is 8.51. The van der Waals surface area contributed by atoms with E-state index in [2.05, 4.69) is 0 Å². The Morgan fingerprint density at radius 2 is 1.81 bits per heavy atom. The van der Waals surface area contributed by atoms with Crippen LogP contribution in [-0.4, -0.2) is 25.0 Å². The molecule has 0 spiro atoms. The van der Waals surface area contributed by atoms with Crippen molar-refractivity contribution in [2.75, 3.05) is 13.9 Å². The van der Waals surface area contributed by atoms with Gasteiger partial charge in [0.1, 0.15) is 18.1 Å². The monoisotopic (exact) mass is 364 g/mol. The number of phenols is 1. The van der Waals surface area contributed by atoms with Crippen molar-refractivity contribution in [2.24, 2.45) is 0 Å². The van der Waals surface area contributed by atoms with E-state index in [1.54, 1.807) is 13.2 Å². The molecule has 0 saturated carbocycles. The first-order chi connectivity index (χ1) is 13.1. The zero-order valence-corrected chi connectivity index (χ0v) is 14.8. The molecular weight excluding hydrogens is 348 g/mol. The number of methoxy groups -OCH3 is 1. The SMILES string of the molecule is COc1cc2c(O)c3c(c(-c4ccc5c(c4)OCO5)c2cc1C)C(=O)OC3. The highest BCUT2D eigenvalue weighted by Crippen LogP contribution is 2.47. The lowest BCUT2D eigenvalue weighted by Crippen LogP contribution is -2.00. The quantitative estimate of drug-likeness (QED) is 0.695. The van der Waals surface area contributed by atoms with Crippen molar-refractivity contribution in [3.8, 4) is 34.1 Å². The molecule has 2 aliphatic rings. The smallest absolute Gasteiger partial charge is 0.339 e. The normalized spacial score (nSPS) is 14.4. The van der Waals surface area contributed by atoms with Gasteiger partial charge in [-0.1, -0.05) is 6.07 Å². The molecule has 136 valence electrons. The standard InChI is InChI=1S/C21H16O6/c1-10-5-12-13(7-16(10)24-2)20(22)14-8-25-21(23)19(14)18(12)11-3-4-15-17(6-11)27-9-26-15/h3-7,22H,8-9H2,1-2H3. The number of aromatic hydroxyl groups is 1. The molecule has 6 heteroatoms. The van der Waals surface area contributed by atoms with Gasteiger partial charge in [-0.15, -0.1) is 0 Å². The minimum atomic E-state index is -0.441. The molecule has 2 heterocycles. The third kappa shape index (κ3) is 2.16. The van der Waals surface area contributed by atoms with Crippen LogP contribution in [0, 0.1) is 6.92 Å². The third-order valence-corrected chi connectivity index (χ3v) is 5.11. The van der Waals surface area contributed by atoms with Crippen molar-refractivity contribution in [1.82, 2.24) is 0 Å². The van der Waals surface area contributed by atoms with E-state index >= 15 is 0 Å². The van der Waals surface area contributed by atoms with Crippen molar-refractivity contribution in [2.45, 2.75) is 13.5 Å². The average molecular weight is 364 g/mol. The van der Waals surface area contributed by atoms with Crippen LogP contribution in [0.2, 0.25) is 0 Å². The summed E-state index contributed by atoms with van der Waals surface area (Å²) in [6, 6.07) is 9.25. The van der Waals surface area contributed by atoms with Crippen molar-refractivity contribution < 1.29 is 28.8 Å². The minimum absolute atomic E-state index is 0.0453. The highest BCUT2D eigenvalue weighted by molar-refractivity contribution is 6.13. The molecule has 6 nitrogen and oxygen atoms in total. The van der Waals surface area contributed by atoms with Crippen molar-refractivity contribution in [3.05, 3.63) is 47.0 Å². The van der Waals surface area contributed by atoms with Gasteiger partial charge in [0.2, 0.25) is 6.79 Å². The summed E-state index contributed by atoms with van der Waals surface area (Å²) in [6.45, 7) is 2.14. The molecule has 0 atom stereocenters. The van der Waals surface area contributed by atoms with Gasteiger partial charge < -0.3 is 24.1 Å². The molecule has 0 aromatic heterocycles. The van der Waals surface area contributed by atoms with Crippen LogP contribution in [0.15, 0.2) is 30.3 Å². The topological polar surface area (TPSA) is 74.2 Å². The van der Waals surface area contributed by atoms with Crippen molar-refractivity contribution in [1.29, 1.82) is 0 Å². The molecule has 1 N–H and O–H groups in total. The molecule has 0 aliphatic carbocycles. The Bertz CT molecular complexity index is 1130. The van der Waals surface area contributed by atoms with Gasteiger partial charge >= 0.3 is 5.97 Å². The highest BCUT2D eigenvalue weighted by atomic mass is 16.7. The average Bonchev–Trinajstić information content (AvgIpc) is 3.28. The fourth-order valence-electron chi connectivity index (χ4n) is 3.80. The summed E-state index contributed by atoms with van der Waals surface area (Å²) in [5.41, 5.74) is 3.29. The lowest BCUT2D eigenvalue weighted by Gasteiger charge is -2.16. The summed E-state index contributed by atoms with van der Waals surface area (Å²) in [4.78, 5) is 12.5. The molecule has 0 radical (unpaired) electrons. The Kier molecular flexibility index (Phi) is 3.25. The van der Waals surface area contributed by atoms with Crippen molar-refractivity contribution in [3.63, 3.8) is 0 Å². The zero-order chi connectivity index (χ0) is 18.7. The summed E-state index contributed by atoms with van der Waals surface area (Å²) in [7, 11) is 1.59. The van der Waals surface area contributed by atoms with Crippen LogP contribution < -0.4 is 14.2 Å². The van der Waals surface area contributed by atoms with E-state index in [9.17, 15) is 9.90 Å². The van der Waals surface area contributed by atoms with E-state index in [0.29, 0.717) is 39.3 Å². The summed E-state index contributed by atoms with van der Waals surface area (Å²) in [6.07, 6.45) is 0. The maximum atomic E-state index is 12.5. The molecule has 2 aliphatic heterocycles. The number of ether oxygens (including phenoxy) is 4. The largest absolute Gasteiger partial charge is 0.507 e. The van der Waals surface area contributed by atoms with Crippen LogP contribution in [-0.2, 0) is 11.3 Å². The number of carbonyl (C=O) groups excluding carboxylic acids is 1. The van der Waals surface area contributed by atoms with Crippen LogP contribution in [0.4, 0.5) is 0 Å². The Balaban J connectivity index is 1.90. The van der Waals surface area contributed by atoms with Gasteiger partial charge in [-0.3, -0.25) is 0 Å². The summed E-state index contributed by atoms with van der Waals surface area (Å²) in [5, 5.41) is 12.2. The Morgan fingerprint density at radius 3 is 2.63 bits per heavy atom. The second-order valence-electron chi connectivity index (χ2n) is 6.59. The van der Waals surface area contributed by atoms with Gasteiger partial charge in [0.05, 0.1) is 12.7 Å². The van der Waals surface area contributed by atoms with E-state index in [4.69, 9.17) is 18.9 Å². The summed E-state index contributed by atoms with van der Waals surface area (Å²) < 4.78 is 21.5. The Labute approximate surface area is 154 Å². The van der Waals surface area contributed by atoms with Gasteiger partial charge in [0, 0.05) is 16.5 Å². The van der Waals surface area contributed by atoms with Gasteiger partial charge in [0.15, 0.2) is 11.5 Å². The van der Waals surface area contributed by atoms with Crippen molar-refractivity contribution >= 4 is 16.7 Å². The molecule has 3 aromatic rings. The van der Waals surface area contributed by atoms with Crippen LogP contribution >= 0.6 is 0 Å². The first kappa shape index (κ1) is 15.8. The number of fused-ring (bicyclic) bond motifs is 3. The lowest BCUT2D eigenvalue weighted by molar-refractivity contribution is 0.0535. The fourth-order valence-corrected chi connectivity index (χ4v) is 3.80. The number of esters is 1. The van der Waals surface area contributed by atoms with E-state index in [1.807, 2.05) is 31.2 Å². The number of aryl methyl sites for hydroxylation is 1. The summed E-state index contributed by atoms with van der Waals surface area (Å²) in [5.74, 6) is 1.56. The minimum Gasteiger partial charge on any atom is -0.507 e. The molecule has 0 bridgehead atoms. The number of benzene rings is 3. The van der Waals surface area contributed by atoms with E-state index in [-0.39, 0.29) is 19.1 Å². The van der Waals surface area contributed by atoms with Crippen LogP contribution in [0.25, 0.3) is 21.9 Å². The molecule has 3 aromatic carbocycles. The van der Waals surface area contributed by atoms with Crippen LogP contribution in [0.5, 0.6) is 23.0 Å². The number of carbonyl (C=O) groups is 1. The van der Waals surface area contributed by atoms with E-state index in [0.717, 1.165) is 16.5 Å². The van der Waals surface area contributed by atoms with Crippen LogP contribution in [0.1, 0.15) is 21.5 Å². The predicted molar refractivity (Wildman–Crippen MR) is 97.6 cm³/mol. The van der Waals surface area contributed by atoms with Gasteiger partial charge in [-0.2, -0.15) is 0 Å². The second-order valence-corrected chi connectivity index (χ2v) is 6.59. The summed E-state index contributed by atoms with van der Waals surface area (Å²) >= 11 is 0. The maximum absolute atomic E-state index is 12.5. The Morgan fingerprint density at radius 1 is 1.00 bits per heavy atom. The lowest BCUT2D eigenvalue weighted by atomic mass is 9.88. The third-order valence-electron chi connectivity index (χ3n) is 5.11. The zero-order valence-electron chi connectivity index (χ0n) is 14.8. The van der Waals surface area contributed by atoms with E-state index < -0.39 is 5.97 Å². The number of cyclic esters (lactones) is 1. The molecule has 0 amide bonds. The van der Waals surface area contributed by atoms with Gasteiger partial charge in [-0.25, -0.2) is 4.79 Å². The molecule has 0 unspecified atom stereocenters. The first-order valence-corrected chi connectivity index (χ1v) is 8.51. The molecular formula is C21H16O6. The number of hydrogen-bond donors (Lipinski definition) is 1. The maximum Gasteiger partial charge on any atom is 0.339 e. The molecule has 5 rings (SSSR count).